The van der Waals surface area contributed by atoms with Gasteiger partial charge in [-0.25, -0.2) is 8.78 Å². The molecule has 0 spiro atoms. The van der Waals surface area contributed by atoms with Crippen molar-refractivity contribution in [1.82, 2.24) is 10.6 Å². The van der Waals surface area contributed by atoms with Crippen molar-refractivity contribution in [2.24, 2.45) is 0 Å². The molecule has 7 heteroatoms. The summed E-state index contributed by atoms with van der Waals surface area (Å²) in [6.07, 6.45) is 0.734. The van der Waals surface area contributed by atoms with Gasteiger partial charge in [0.25, 0.3) is 0 Å². The number of nitrogens with one attached hydrogen (secondary N) is 2. The second-order valence-corrected chi connectivity index (χ2v) is 4.61. The number of carbonyl (C=O) groups is 1. The number of amides is 1. The lowest BCUT2D eigenvalue weighted by atomic mass is 10.1. The van der Waals surface area contributed by atoms with Crippen LogP contribution in [0.15, 0.2) is 18.2 Å². The Morgan fingerprint density at radius 1 is 1.35 bits per heavy atom. The monoisotopic (exact) mass is 306 g/mol. The minimum absolute atomic E-state index is 0. The van der Waals surface area contributed by atoms with E-state index in [-0.39, 0.29) is 31.4 Å². The van der Waals surface area contributed by atoms with Gasteiger partial charge in [0.15, 0.2) is 0 Å². The average molecular weight is 307 g/mol. The lowest BCUT2D eigenvalue weighted by Gasteiger charge is -2.14. The van der Waals surface area contributed by atoms with Crippen molar-refractivity contribution in [3.8, 4) is 0 Å². The first kappa shape index (κ1) is 16.8. The molecule has 1 atom stereocenters. The van der Waals surface area contributed by atoms with Crippen molar-refractivity contribution in [2.75, 3.05) is 13.1 Å². The lowest BCUT2D eigenvalue weighted by molar-refractivity contribution is -0.120. The topological polar surface area (TPSA) is 61.4 Å². The van der Waals surface area contributed by atoms with E-state index in [4.69, 9.17) is 0 Å². The Balaban J connectivity index is 0.00000200. The summed E-state index contributed by atoms with van der Waals surface area (Å²) in [5, 5.41) is 15.1. The third-order valence-electron chi connectivity index (χ3n) is 2.95. The first-order valence-electron chi connectivity index (χ1n) is 6.20. The highest BCUT2D eigenvalue weighted by Gasteiger charge is 2.22. The summed E-state index contributed by atoms with van der Waals surface area (Å²) in [7, 11) is 0. The largest absolute Gasteiger partial charge is 0.386 e. The van der Waals surface area contributed by atoms with Gasteiger partial charge in [0.05, 0.1) is 12.1 Å². The summed E-state index contributed by atoms with van der Waals surface area (Å²) >= 11 is 0. The molecule has 1 fully saturated rings. The first-order chi connectivity index (χ1) is 9.08. The van der Waals surface area contributed by atoms with E-state index in [1.54, 1.807) is 0 Å². The number of aliphatic hydroxyl groups is 1. The van der Waals surface area contributed by atoms with Gasteiger partial charge in [-0.3, -0.25) is 4.79 Å². The summed E-state index contributed by atoms with van der Waals surface area (Å²) in [6, 6.07) is 3.76. The Morgan fingerprint density at radius 2 is 1.95 bits per heavy atom. The van der Waals surface area contributed by atoms with Crippen LogP contribution in [0.3, 0.4) is 0 Å². The maximum atomic E-state index is 13.4. The fourth-order valence-electron chi connectivity index (χ4n) is 1.73. The van der Waals surface area contributed by atoms with Crippen molar-refractivity contribution < 1.29 is 18.7 Å². The fourth-order valence-corrected chi connectivity index (χ4v) is 1.73. The molecule has 0 radical (unpaired) electrons. The molecular weight excluding hydrogens is 290 g/mol. The Hall–Kier alpha value is -1.24. The second-order valence-electron chi connectivity index (χ2n) is 4.61. The zero-order valence-corrected chi connectivity index (χ0v) is 11.6. The first-order valence-corrected chi connectivity index (χ1v) is 6.20. The number of hydrogen-bond donors (Lipinski definition) is 3. The van der Waals surface area contributed by atoms with Gasteiger partial charge in [0.1, 0.15) is 17.7 Å². The number of hydrogen-bond acceptors (Lipinski definition) is 3. The zero-order valence-electron chi connectivity index (χ0n) is 10.7. The molecule has 1 aliphatic rings. The van der Waals surface area contributed by atoms with E-state index in [2.05, 4.69) is 10.6 Å². The van der Waals surface area contributed by atoms with E-state index >= 15 is 0 Å². The summed E-state index contributed by atoms with van der Waals surface area (Å²) in [4.78, 5) is 11.4. The van der Waals surface area contributed by atoms with Crippen LogP contribution in [-0.4, -0.2) is 30.1 Å². The van der Waals surface area contributed by atoms with E-state index < -0.39 is 23.3 Å². The van der Waals surface area contributed by atoms with Crippen LogP contribution >= 0.6 is 12.4 Å². The van der Waals surface area contributed by atoms with Crippen molar-refractivity contribution in [3.05, 3.63) is 35.4 Å². The van der Waals surface area contributed by atoms with Crippen molar-refractivity contribution in [3.63, 3.8) is 0 Å². The van der Waals surface area contributed by atoms with E-state index in [1.807, 2.05) is 0 Å². The lowest BCUT2D eigenvalue weighted by Crippen LogP contribution is -2.37. The molecule has 1 aliphatic carbocycles. The van der Waals surface area contributed by atoms with Gasteiger partial charge in [-0.1, -0.05) is 6.07 Å². The van der Waals surface area contributed by atoms with Gasteiger partial charge in [0.2, 0.25) is 5.91 Å². The SMILES string of the molecule is Cl.O=C(CNC1CC1)NCC(O)c1c(F)cccc1F. The second kappa shape index (κ2) is 7.52. The molecular formula is C13H17ClF2N2O2. The van der Waals surface area contributed by atoms with Gasteiger partial charge in [0, 0.05) is 12.6 Å². The standard InChI is InChI=1S/C13H16F2N2O2.ClH/c14-9-2-1-3-10(15)13(9)11(18)6-17-12(19)7-16-8-4-5-8;/h1-3,8,11,16,18H,4-7H2,(H,17,19);1H. The third-order valence-corrected chi connectivity index (χ3v) is 2.95. The Morgan fingerprint density at radius 3 is 2.50 bits per heavy atom. The number of benzene rings is 1. The summed E-state index contributed by atoms with van der Waals surface area (Å²) in [5.74, 6) is -1.95. The van der Waals surface area contributed by atoms with Gasteiger partial charge < -0.3 is 15.7 Å². The summed E-state index contributed by atoms with van der Waals surface area (Å²) in [5.41, 5.74) is -0.419. The highest BCUT2D eigenvalue weighted by molar-refractivity contribution is 5.85. The molecule has 0 heterocycles. The van der Waals surface area contributed by atoms with Crippen LogP contribution in [0.2, 0.25) is 0 Å². The van der Waals surface area contributed by atoms with Crippen molar-refractivity contribution in [2.45, 2.75) is 25.0 Å². The minimum atomic E-state index is -1.40. The van der Waals surface area contributed by atoms with E-state index in [1.165, 1.54) is 6.07 Å². The molecule has 1 amide bonds. The smallest absolute Gasteiger partial charge is 0.234 e. The van der Waals surface area contributed by atoms with Gasteiger partial charge >= 0.3 is 0 Å². The van der Waals surface area contributed by atoms with Crippen LogP contribution < -0.4 is 10.6 Å². The molecule has 1 unspecified atom stereocenters. The molecule has 1 aromatic carbocycles. The Bertz CT molecular complexity index is 449. The van der Waals surface area contributed by atoms with Crippen LogP contribution in [0.4, 0.5) is 8.78 Å². The van der Waals surface area contributed by atoms with Crippen LogP contribution in [0.25, 0.3) is 0 Å². The van der Waals surface area contributed by atoms with E-state index in [0.717, 1.165) is 25.0 Å². The molecule has 1 aromatic rings. The molecule has 0 aromatic heterocycles. The van der Waals surface area contributed by atoms with E-state index in [9.17, 15) is 18.7 Å². The van der Waals surface area contributed by atoms with Gasteiger partial charge in [-0.15, -0.1) is 12.4 Å². The van der Waals surface area contributed by atoms with Crippen molar-refractivity contribution >= 4 is 18.3 Å². The molecule has 0 aliphatic heterocycles. The Labute approximate surface area is 122 Å². The highest BCUT2D eigenvalue weighted by Crippen LogP contribution is 2.20. The average Bonchev–Trinajstić information content (AvgIpc) is 3.17. The number of carbonyl (C=O) groups excluding carboxylic acids is 1. The van der Waals surface area contributed by atoms with Gasteiger partial charge in [-0.2, -0.15) is 0 Å². The van der Waals surface area contributed by atoms with Gasteiger partial charge in [-0.05, 0) is 25.0 Å². The molecule has 1 saturated carbocycles. The van der Waals surface area contributed by atoms with Crippen LogP contribution in [0.5, 0.6) is 0 Å². The van der Waals surface area contributed by atoms with Crippen LogP contribution in [0, 0.1) is 11.6 Å². The molecule has 20 heavy (non-hydrogen) atoms. The summed E-state index contributed by atoms with van der Waals surface area (Å²) in [6.45, 7) is -0.0693. The molecule has 3 N–H and O–H groups in total. The van der Waals surface area contributed by atoms with Crippen LogP contribution in [0.1, 0.15) is 24.5 Å². The van der Waals surface area contributed by atoms with Crippen LogP contribution in [-0.2, 0) is 4.79 Å². The number of aliphatic hydroxyl groups excluding tert-OH is 1. The molecule has 0 bridgehead atoms. The number of rotatable bonds is 6. The predicted octanol–water partition coefficient (Wildman–Crippen LogP) is 1.29. The maximum absolute atomic E-state index is 13.4. The highest BCUT2D eigenvalue weighted by atomic mass is 35.5. The molecule has 4 nitrogen and oxygen atoms in total. The Kier molecular flexibility index (Phi) is 6.32. The molecule has 2 rings (SSSR count). The fraction of sp³-hybridized carbons (Fsp3) is 0.462. The predicted molar refractivity (Wildman–Crippen MR) is 72.6 cm³/mol. The zero-order chi connectivity index (χ0) is 13.8. The normalized spacial score (nSPS) is 15.3. The minimum Gasteiger partial charge on any atom is -0.386 e. The molecule has 112 valence electrons. The number of halogens is 3. The maximum Gasteiger partial charge on any atom is 0.234 e. The van der Waals surface area contributed by atoms with Crippen molar-refractivity contribution in [1.29, 1.82) is 0 Å². The quantitative estimate of drug-likeness (QED) is 0.742. The third kappa shape index (κ3) is 4.70. The molecule has 0 saturated heterocycles. The van der Waals surface area contributed by atoms with E-state index in [0.29, 0.717) is 6.04 Å². The summed E-state index contributed by atoms with van der Waals surface area (Å²) < 4.78 is 26.7.